The molecule has 0 saturated carbocycles. The molecule has 100 valence electrons. The zero-order valence-electron chi connectivity index (χ0n) is 11.1. The molecule has 0 aliphatic rings. The predicted molar refractivity (Wildman–Crippen MR) is 85.7 cm³/mol. The van der Waals surface area contributed by atoms with E-state index in [0.717, 1.165) is 16.5 Å². The average molecular weight is 292 g/mol. The van der Waals surface area contributed by atoms with Gasteiger partial charge < -0.3 is 5.32 Å². The second kappa shape index (κ2) is 5.99. The van der Waals surface area contributed by atoms with Crippen molar-refractivity contribution in [3.63, 3.8) is 0 Å². The molecule has 6 heteroatoms. The number of thiazole rings is 1. The molecule has 19 heavy (non-hydrogen) atoms. The van der Waals surface area contributed by atoms with Crippen LogP contribution in [0.2, 0.25) is 0 Å². The lowest BCUT2D eigenvalue weighted by molar-refractivity contribution is 1.11. The maximum absolute atomic E-state index is 5.21. The summed E-state index contributed by atoms with van der Waals surface area (Å²) in [5.74, 6) is 0. The lowest BCUT2D eigenvalue weighted by Gasteiger charge is -2.11. The first-order valence-corrected chi connectivity index (χ1v) is 7.16. The lowest BCUT2D eigenvalue weighted by atomic mass is 10.1. The molecule has 0 saturated heterocycles. The highest BCUT2D eigenvalue weighted by Crippen LogP contribution is 2.15. The number of aromatic nitrogens is 1. The van der Waals surface area contributed by atoms with Crippen molar-refractivity contribution in [2.75, 3.05) is 10.7 Å². The van der Waals surface area contributed by atoms with Crippen LogP contribution in [0.5, 0.6) is 0 Å². The minimum absolute atomic E-state index is 0.510. The standard InChI is InChI=1S/C13H16N4S2/c1-8-4-5-11(6-9(8)2)15-12(18)16-17-13-14-10(3)7-19-13/h4-7H,1-3H3,(H,14,17)(H2,15,16,18). The van der Waals surface area contributed by atoms with Crippen LogP contribution in [-0.2, 0) is 0 Å². The van der Waals surface area contributed by atoms with Gasteiger partial charge in [-0.3, -0.25) is 10.9 Å². The van der Waals surface area contributed by atoms with E-state index in [-0.39, 0.29) is 0 Å². The van der Waals surface area contributed by atoms with E-state index in [1.54, 1.807) is 0 Å². The van der Waals surface area contributed by atoms with Crippen molar-refractivity contribution in [1.29, 1.82) is 0 Å². The third kappa shape index (κ3) is 3.90. The number of nitrogens with one attached hydrogen (secondary N) is 3. The Hall–Kier alpha value is -1.66. The number of rotatable bonds is 3. The van der Waals surface area contributed by atoms with E-state index in [2.05, 4.69) is 47.1 Å². The Morgan fingerprint density at radius 2 is 2.00 bits per heavy atom. The maximum atomic E-state index is 5.21. The number of hydrogen-bond donors (Lipinski definition) is 3. The summed E-state index contributed by atoms with van der Waals surface area (Å²) >= 11 is 6.74. The number of hydrazine groups is 1. The molecule has 0 bridgehead atoms. The Kier molecular flexibility index (Phi) is 4.34. The lowest BCUT2D eigenvalue weighted by Crippen LogP contribution is -2.33. The molecule has 1 aromatic carbocycles. The third-order valence-corrected chi connectivity index (χ3v) is 3.75. The Bertz CT molecular complexity index is 592. The summed E-state index contributed by atoms with van der Waals surface area (Å²) < 4.78 is 0. The van der Waals surface area contributed by atoms with Crippen LogP contribution in [0.1, 0.15) is 16.8 Å². The summed E-state index contributed by atoms with van der Waals surface area (Å²) in [6, 6.07) is 6.14. The summed E-state index contributed by atoms with van der Waals surface area (Å²) in [6.45, 7) is 6.11. The molecule has 0 aliphatic heterocycles. The highest BCUT2D eigenvalue weighted by atomic mass is 32.1. The minimum Gasteiger partial charge on any atom is -0.331 e. The van der Waals surface area contributed by atoms with E-state index in [1.807, 2.05) is 18.4 Å². The van der Waals surface area contributed by atoms with E-state index >= 15 is 0 Å². The molecule has 0 fully saturated rings. The number of aryl methyl sites for hydroxylation is 3. The van der Waals surface area contributed by atoms with E-state index in [0.29, 0.717) is 5.11 Å². The summed E-state index contributed by atoms with van der Waals surface area (Å²) in [5.41, 5.74) is 10.3. The van der Waals surface area contributed by atoms with Gasteiger partial charge in [0.15, 0.2) is 5.11 Å². The molecule has 0 atom stereocenters. The molecule has 0 aliphatic carbocycles. The topological polar surface area (TPSA) is 49.0 Å². The highest BCUT2D eigenvalue weighted by molar-refractivity contribution is 7.80. The van der Waals surface area contributed by atoms with Gasteiger partial charge in [0.1, 0.15) is 0 Å². The Morgan fingerprint density at radius 3 is 2.63 bits per heavy atom. The minimum atomic E-state index is 0.510. The molecule has 0 unspecified atom stereocenters. The fourth-order valence-electron chi connectivity index (χ4n) is 1.50. The first-order chi connectivity index (χ1) is 9.04. The molecule has 0 amide bonds. The Balaban J connectivity index is 1.88. The number of anilines is 2. The zero-order valence-corrected chi connectivity index (χ0v) is 12.7. The third-order valence-electron chi connectivity index (χ3n) is 2.67. The second-order valence-electron chi connectivity index (χ2n) is 4.30. The normalized spacial score (nSPS) is 10.1. The number of hydrogen-bond acceptors (Lipinski definition) is 4. The van der Waals surface area contributed by atoms with Crippen molar-refractivity contribution in [2.45, 2.75) is 20.8 Å². The van der Waals surface area contributed by atoms with Gasteiger partial charge in [-0.1, -0.05) is 6.07 Å². The van der Waals surface area contributed by atoms with Gasteiger partial charge in [-0.05, 0) is 56.2 Å². The summed E-state index contributed by atoms with van der Waals surface area (Å²) in [5, 5.41) is 6.40. The van der Waals surface area contributed by atoms with Crippen LogP contribution in [0.4, 0.5) is 10.8 Å². The quantitative estimate of drug-likeness (QED) is 0.598. The first-order valence-electron chi connectivity index (χ1n) is 5.87. The molecule has 4 nitrogen and oxygen atoms in total. The van der Waals surface area contributed by atoms with Crippen LogP contribution in [-0.4, -0.2) is 10.1 Å². The van der Waals surface area contributed by atoms with Crippen molar-refractivity contribution < 1.29 is 0 Å². The molecule has 1 aromatic heterocycles. The summed E-state index contributed by atoms with van der Waals surface area (Å²) in [4.78, 5) is 4.27. The molecule has 0 spiro atoms. The zero-order chi connectivity index (χ0) is 13.8. The molecule has 3 N–H and O–H groups in total. The SMILES string of the molecule is Cc1csc(NNC(=S)Nc2ccc(C)c(C)c2)n1. The Labute approximate surface area is 122 Å². The summed E-state index contributed by atoms with van der Waals surface area (Å²) in [6.07, 6.45) is 0. The van der Waals surface area contributed by atoms with Crippen molar-refractivity contribution in [2.24, 2.45) is 0 Å². The van der Waals surface area contributed by atoms with Gasteiger partial charge in [-0.2, -0.15) is 0 Å². The van der Waals surface area contributed by atoms with E-state index in [1.165, 1.54) is 22.5 Å². The monoisotopic (exact) mass is 292 g/mol. The summed E-state index contributed by atoms with van der Waals surface area (Å²) in [7, 11) is 0. The number of nitrogens with zero attached hydrogens (tertiary/aromatic N) is 1. The molecule has 0 radical (unpaired) electrons. The van der Waals surface area contributed by atoms with Gasteiger partial charge in [0, 0.05) is 11.1 Å². The number of thiocarbonyl (C=S) groups is 1. The second-order valence-corrected chi connectivity index (χ2v) is 5.56. The molecular formula is C13H16N4S2. The molecular weight excluding hydrogens is 276 g/mol. The fourth-order valence-corrected chi connectivity index (χ4v) is 2.31. The van der Waals surface area contributed by atoms with Gasteiger partial charge >= 0.3 is 0 Å². The molecule has 1 heterocycles. The number of benzene rings is 1. The van der Waals surface area contributed by atoms with Crippen LogP contribution in [0.15, 0.2) is 23.6 Å². The van der Waals surface area contributed by atoms with Crippen LogP contribution in [0.3, 0.4) is 0 Å². The van der Waals surface area contributed by atoms with Gasteiger partial charge in [-0.25, -0.2) is 4.98 Å². The van der Waals surface area contributed by atoms with Crippen molar-refractivity contribution in [3.8, 4) is 0 Å². The first kappa shape index (κ1) is 13.8. The smallest absolute Gasteiger partial charge is 0.201 e. The van der Waals surface area contributed by atoms with Crippen molar-refractivity contribution >= 4 is 39.5 Å². The van der Waals surface area contributed by atoms with E-state index < -0.39 is 0 Å². The average Bonchev–Trinajstić information content (AvgIpc) is 2.77. The highest BCUT2D eigenvalue weighted by Gasteiger charge is 2.01. The molecule has 2 aromatic rings. The Morgan fingerprint density at radius 1 is 1.21 bits per heavy atom. The van der Waals surface area contributed by atoms with Crippen LogP contribution in [0, 0.1) is 20.8 Å². The fraction of sp³-hybridized carbons (Fsp3) is 0.231. The predicted octanol–water partition coefficient (Wildman–Crippen LogP) is 3.38. The van der Waals surface area contributed by atoms with Gasteiger partial charge in [0.05, 0.1) is 5.69 Å². The van der Waals surface area contributed by atoms with Crippen molar-refractivity contribution in [3.05, 3.63) is 40.4 Å². The van der Waals surface area contributed by atoms with Gasteiger partial charge in [-0.15, -0.1) is 11.3 Å². The van der Waals surface area contributed by atoms with Crippen LogP contribution >= 0.6 is 23.6 Å². The van der Waals surface area contributed by atoms with Gasteiger partial charge in [0.25, 0.3) is 0 Å². The van der Waals surface area contributed by atoms with Crippen LogP contribution in [0.25, 0.3) is 0 Å². The largest absolute Gasteiger partial charge is 0.331 e. The van der Waals surface area contributed by atoms with E-state index in [4.69, 9.17) is 12.2 Å². The maximum Gasteiger partial charge on any atom is 0.201 e. The van der Waals surface area contributed by atoms with E-state index in [9.17, 15) is 0 Å². The van der Waals surface area contributed by atoms with Gasteiger partial charge in [0.2, 0.25) is 5.13 Å². The van der Waals surface area contributed by atoms with Crippen molar-refractivity contribution in [1.82, 2.24) is 10.4 Å². The van der Waals surface area contributed by atoms with Crippen LogP contribution < -0.4 is 16.2 Å². The molecule has 2 rings (SSSR count).